The molecule has 7 nitrogen and oxygen atoms in total. The highest BCUT2D eigenvalue weighted by molar-refractivity contribution is 6.02. The third-order valence-corrected chi connectivity index (χ3v) is 8.94. The SMILES string of the molecule is CN1Cc2c(C3=C[C@H]4CC[C@@H](C3)N4CC(=O)N3CCC[C@H]3CO)[nH]c3nccc(c23)-c2cc(F)ccc21. The zero-order valence-corrected chi connectivity index (χ0v) is 21.1. The summed E-state index contributed by atoms with van der Waals surface area (Å²) in [7, 11) is 2.06. The second-order valence-electron chi connectivity index (χ2n) is 11.0. The Labute approximate surface area is 215 Å². The van der Waals surface area contributed by atoms with Crippen molar-refractivity contribution in [3.05, 3.63) is 53.6 Å². The number of anilines is 1. The first-order chi connectivity index (χ1) is 18.0. The minimum absolute atomic E-state index is 0.0271. The van der Waals surface area contributed by atoms with Crippen LogP contribution < -0.4 is 4.90 Å². The van der Waals surface area contributed by atoms with Gasteiger partial charge in [-0.25, -0.2) is 9.37 Å². The van der Waals surface area contributed by atoms with Crippen LogP contribution >= 0.6 is 0 Å². The van der Waals surface area contributed by atoms with E-state index < -0.39 is 0 Å². The van der Waals surface area contributed by atoms with Crippen molar-refractivity contribution in [3.63, 3.8) is 0 Å². The maximum Gasteiger partial charge on any atom is 0.237 e. The predicted molar refractivity (Wildman–Crippen MR) is 142 cm³/mol. The van der Waals surface area contributed by atoms with Crippen molar-refractivity contribution in [2.45, 2.75) is 56.8 Å². The zero-order chi connectivity index (χ0) is 25.3. The van der Waals surface area contributed by atoms with Crippen LogP contribution in [0.3, 0.4) is 0 Å². The number of amides is 1. The van der Waals surface area contributed by atoms with Gasteiger partial charge < -0.3 is 19.9 Å². The van der Waals surface area contributed by atoms with Crippen LogP contribution in [-0.2, 0) is 11.3 Å². The second kappa shape index (κ2) is 8.67. The lowest BCUT2D eigenvalue weighted by molar-refractivity contribution is -0.134. The number of nitrogens with one attached hydrogen (secondary N) is 1. The Hall–Kier alpha value is -3.23. The molecule has 6 heterocycles. The molecular weight excluding hydrogens is 469 g/mol. The molecule has 1 aromatic carbocycles. The molecule has 0 radical (unpaired) electrons. The summed E-state index contributed by atoms with van der Waals surface area (Å²) in [5, 5.41) is 10.7. The first-order valence-electron chi connectivity index (χ1n) is 13.4. The number of benzene rings is 1. The fraction of sp³-hybridized carbons (Fsp3) is 0.448. The first kappa shape index (κ1) is 22.9. The summed E-state index contributed by atoms with van der Waals surface area (Å²) in [6.07, 6.45) is 9.02. The van der Waals surface area contributed by atoms with E-state index in [-0.39, 0.29) is 30.4 Å². The van der Waals surface area contributed by atoms with E-state index in [4.69, 9.17) is 0 Å². The van der Waals surface area contributed by atoms with Gasteiger partial charge in [0, 0.05) is 66.3 Å². The molecule has 4 aliphatic heterocycles. The average molecular weight is 502 g/mol. The van der Waals surface area contributed by atoms with Crippen molar-refractivity contribution in [2.24, 2.45) is 0 Å². The molecule has 7 rings (SSSR count). The minimum atomic E-state index is -0.239. The second-order valence-corrected chi connectivity index (χ2v) is 11.0. The number of aliphatic hydroxyl groups is 1. The summed E-state index contributed by atoms with van der Waals surface area (Å²) in [5.74, 6) is -0.0975. The van der Waals surface area contributed by atoms with Crippen LogP contribution in [0.5, 0.6) is 0 Å². The van der Waals surface area contributed by atoms with Gasteiger partial charge in [0.15, 0.2) is 0 Å². The number of pyridine rings is 1. The van der Waals surface area contributed by atoms with E-state index in [9.17, 15) is 14.3 Å². The van der Waals surface area contributed by atoms with Crippen LogP contribution in [-0.4, -0.2) is 75.7 Å². The molecule has 3 atom stereocenters. The van der Waals surface area contributed by atoms with E-state index >= 15 is 0 Å². The Balaban J connectivity index is 1.23. The predicted octanol–water partition coefficient (Wildman–Crippen LogP) is 3.92. The number of fused-ring (bicyclic) bond motifs is 4. The summed E-state index contributed by atoms with van der Waals surface area (Å²) < 4.78 is 14.3. The van der Waals surface area contributed by atoms with Crippen LogP contribution in [0.2, 0.25) is 0 Å². The third kappa shape index (κ3) is 3.61. The molecule has 192 valence electrons. The molecule has 2 aromatic heterocycles. The normalized spacial score (nSPS) is 24.9. The summed E-state index contributed by atoms with van der Waals surface area (Å²) in [6.45, 7) is 1.93. The van der Waals surface area contributed by atoms with Crippen LogP contribution in [0.1, 0.15) is 43.4 Å². The maximum atomic E-state index is 14.3. The maximum absolute atomic E-state index is 14.3. The standard InChI is InChI=1S/C29H32FN5O2/c1-33-14-24-27-22(23-13-18(30)4-7-25(23)33)8-9-31-29(27)32-28(24)17-11-19-5-6-20(12-17)35(19)15-26(37)34-10-2-3-21(34)16-36/h4,7-9,11,13,19-21,36H,2-3,5-6,10,12,14-16H2,1H3,(H,31,32)/t19-,20+,21+/m1/s1. The number of carbonyl (C=O) groups excluding carboxylic acids is 1. The van der Waals surface area contributed by atoms with E-state index in [1.165, 1.54) is 17.2 Å². The number of aromatic amines is 1. The van der Waals surface area contributed by atoms with Crippen LogP contribution in [0, 0.1) is 5.82 Å². The molecule has 2 bridgehead atoms. The number of carbonyl (C=O) groups is 1. The number of aromatic nitrogens is 2. The van der Waals surface area contributed by atoms with Crippen molar-refractivity contribution in [1.82, 2.24) is 19.8 Å². The van der Waals surface area contributed by atoms with Gasteiger partial charge in [-0.05, 0) is 67.5 Å². The smallest absolute Gasteiger partial charge is 0.237 e. The molecule has 0 unspecified atom stereocenters. The fourth-order valence-electron chi connectivity index (χ4n) is 7.17. The number of rotatable bonds is 4. The molecule has 8 heteroatoms. The molecule has 0 spiro atoms. The van der Waals surface area contributed by atoms with Gasteiger partial charge in [0.2, 0.25) is 5.91 Å². The summed E-state index contributed by atoms with van der Waals surface area (Å²) in [6, 6.07) is 7.53. The summed E-state index contributed by atoms with van der Waals surface area (Å²) in [5.41, 5.74) is 7.37. The van der Waals surface area contributed by atoms with Gasteiger partial charge in [-0.3, -0.25) is 9.69 Å². The van der Waals surface area contributed by atoms with Gasteiger partial charge in [-0.2, -0.15) is 0 Å². The Morgan fingerprint density at radius 1 is 1.22 bits per heavy atom. The lowest BCUT2D eigenvalue weighted by Gasteiger charge is -2.35. The highest BCUT2D eigenvalue weighted by atomic mass is 19.1. The number of nitrogens with zero attached hydrogens (tertiary/aromatic N) is 4. The zero-order valence-electron chi connectivity index (χ0n) is 21.1. The average Bonchev–Trinajstić information content (AvgIpc) is 3.55. The van der Waals surface area contributed by atoms with Crippen LogP contribution in [0.4, 0.5) is 10.1 Å². The Morgan fingerprint density at radius 3 is 2.95 bits per heavy atom. The molecule has 3 aromatic rings. The number of likely N-dealkylation sites (tertiary alicyclic amines) is 1. The Morgan fingerprint density at radius 2 is 2.11 bits per heavy atom. The monoisotopic (exact) mass is 501 g/mol. The molecular formula is C29H32FN5O2. The largest absolute Gasteiger partial charge is 0.394 e. The Kier molecular flexibility index (Phi) is 5.37. The molecule has 1 amide bonds. The highest BCUT2D eigenvalue weighted by Gasteiger charge is 2.40. The van der Waals surface area contributed by atoms with E-state index in [2.05, 4.69) is 32.9 Å². The van der Waals surface area contributed by atoms with Crippen molar-refractivity contribution in [3.8, 4) is 11.1 Å². The molecule has 2 saturated heterocycles. The molecule has 4 aliphatic rings. The lowest BCUT2D eigenvalue weighted by Crippen LogP contribution is -2.48. The number of hydrogen-bond acceptors (Lipinski definition) is 5. The lowest BCUT2D eigenvalue weighted by atomic mass is 9.94. The summed E-state index contributed by atoms with van der Waals surface area (Å²) >= 11 is 0. The molecule has 37 heavy (non-hydrogen) atoms. The van der Waals surface area contributed by atoms with Crippen molar-refractivity contribution in [2.75, 3.05) is 31.6 Å². The summed E-state index contributed by atoms with van der Waals surface area (Å²) in [4.78, 5) is 27.8. The van der Waals surface area contributed by atoms with Crippen molar-refractivity contribution >= 4 is 28.2 Å². The van der Waals surface area contributed by atoms with Gasteiger partial charge in [-0.1, -0.05) is 6.08 Å². The van der Waals surface area contributed by atoms with Crippen molar-refractivity contribution < 1.29 is 14.3 Å². The number of H-pyrrole nitrogens is 1. The van der Waals surface area contributed by atoms with E-state index in [1.807, 2.05) is 17.0 Å². The minimum Gasteiger partial charge on any atom is -0.394 e. The number of aliphatic hydroxyl groups excluding tert-OH is 1. The fourth-order valence-corrected chi connectivity index (χ4v) is 7.17. The highest BCUT2D eigenvalue weighted by Crippen LogP contribution is 2.45. The molecule has 2 fully saturated rings. The number of halogens is 1. The van der Waals surface area contributed by atoms with Gasteiger partial charge in [0.1, 0.15) is 11.5 Å². The third-order valence-electron chi connectivity index (χ3n) is 8.94. The molecule has 0 saturated carbocycles. The van der Waals surface area contributed by atoms with E-state index in [1.54, 1.807) is 12.3 Å². The van der Waals surface area contributed by atoms with Gasteiger partial charge in [0.25, 0.3) is 0 Å². The first-order valence-corrected chi connectivity index (χ1v) is 13.4. The van der Waals surface area contributed by atoms with Gasteiger partial charge in [-0.15, -0.1) is 0 Å². The molecule has 2 N–H and O–H groups in total. The number of hydrogen-bond donors (Lipinski definition) is 2. The van der Waals surface area contributed by atoms with Crippen LogP contribution in [0.15, 0.2) is 36.5 Å². The topological polar surface area (TPSA) is 75.7 Å². The molecule has 0 aliphatic carbocycles. The van der Waals surface area contributed by atoms with Gasteiger partial charge >= 0.3 is 0 Å². The van der Waals surface area contributed by atoms with Gasteiger partial charge in [0.05, 0.1) is 19.2 Å². The Bertz CT molecular complexity index is 1430. The van der Waals surface area contributed by atoms with E-state index in [0.717, 1.165) is 72.2 Å². The van der Waals surface area contributed by atoms with Crippen molar-refractivity contribution in [1.29, 1.82) is 0 Å². The van der Waals surface area contributed by atoms with E-state index in [0.29, 0.717) is 19.1 Å². The van der Waals surface area contributed by atoms with Crippen LogP contribution in [0.25, 0.3) is 27.7 Å². The quantitative estimate of drug-likeness (QED) is 0.567.